The second-order valence-electron chi connectivity index (χ2n) is 6.50. The van der Waals surface area contributed by atoms with E-state index < -0.39 is 0 Å². The lowest BCUT2D eigenvalue weighted by molar-refractivity contribution is 0.177. The smallest absolute Gasteiger partial charge is 0.317 e. The number of piperidine rings is 1. The quantitative estimate of drug-likeness (QED) is 0.759. The van der Waals surface area contributed by atoms with Crippen LogP contribution in [0.15, 0.2) is 51.7 Å². The van der Waals surface area contributed by atoms with Crippen LogP contribution >= 0.6 is 0 Å². The number of urea groups is 1. The molecule has 0 bridgehead atoms. The van der Waals surface area contributed by atoms with Crippen LogP contribution < -0.4 is 5.32 Å². The summed E-state index contributed by atoms with van der Waals surface area (Å²) in [5.41, 5.74) is 1.61. The zero-order chi connectivity index (χ0) is 18.6. The highest BCUT2D eigenvalue weighted by Crippen LogP contribution is 2.29. The van der Waals surface area contributed by atoms with Crippen molar-refractivity contribution in [3.63, 3.8) is 0 Å². The van der Waals surface area contributed by atoms with Crippen LogP contribution in [0.5, 0.6) is 0 Å². The number of furan rings is 1. The number of nitrogens with zero attached hydrogens (tertiary/aromatic N) is 3. The van der Waals surface area contributed by atoms with E-state index >= 15 is 0 Å². The largest absolute Gasteiger partial charge is 0.472 e. The van der Waals surface area contributed by atoms with E-state index in [9.17, 15) is 9.18 Å². The number of halogens is 1. The Labute approximate surface area is 155 Å². The average Bonchev–Trinajstić information content (AvgIpc) is 3.39. The zero-order valence-corrected chi connectivity index (χ0v) is 14.6. The second kappa shape index (κ2) is 7.61. The van der Waals surface area contributed by atoms with E-state index in [4.69, 9.17) is 8.83 Å². The van der Waals surface area contributed by atoms with Crippen molar-refractivity contribution < 1.29 is 18.0 Å². The van der Waals surface area contributed by atoms with Gasteiger partial charge in [0.25, 0.3) is 5.89 Å². The normalized spacial score (nSPS) is 15.1. The Kier molecular flexibility index (Phi) is 4.86. The van der Waals surface area contributed by atoms with Crippen LogP contribution in [0, 0.1) is 5.82 Å². The van der Waals surface area contributed by atoms with Gasteiger partial charge in [-0.15, -0.1) is 10.2 Å². The van der Waals surface area contributed by atoms with E-state index in [0.717, 1.165) is 24.0 Å². The van der Waals surface area contributed by atoms with Crippen LogP contribution in [0.2, 0.25) is 0 Å². The summed E-state index contributed by atoms with van der Waals surface area (Å²) >= 11 is 0. The van der Waals surface area contributed by atoms with Gasteiger partial charge < -0.3 is 19.1 Å². The minimum atomic E-state index is -0.288. The van der Waals surface area contributed by atoms with Crippen molar-refractivity contribution in [2.24, 2.45) is 0 Å². The molecule has 1 saturated heterocycles. The first-order chi connectivity index (χ1) is 13.2. The zero-order valence-electron chi connectivity index (χ0n) is 14.6. The molecule has 7 nitrogen and oxygen atoms in total. The highest BCUT2D eigenvalue weighted by atomic mass is 19.1. The number of likely N-dealkylation sites (tertiary alicyclic amines) is 1. The molecule has 2 amide bonds. The Morgan fingerprint density at radius 3 is 2.67 bits per heavy atom. The maximum absolute atomic E-state index is 12.9. The lowest BCUT2D eigenvalue weighted by Gasteiger charge is -2.30. The molecule has 27 heavy (non-hydrogen) atoms. The molecule has 0 spiro atoms. The van der Waals surface area contributed by atoms with Crippen LogP contribution in [-0.4, -0.2) is 34.2 Å². The van der Waals surface area contributed by atoms with Crippen LogP contribution in [0.4, 0.5) is 9.18 Å². The number of amides is 2. The summed E-state index contributed by atoms with van der Waals surface area (Å²) < 4.78 is 23.7. The number of hydrogen-bond donors (Lipinski definition) is 1. The predicted octanol–water partition coefficient (Wildman–Crippen LogP) is 3.56. The molecular formula is C19H19FN4O3. The summed E-state index contributed by atoms with van der Waals surface area (Å²) in [6.07, 6.45) is 4.64. The molecule has 0 unspecified atom stereocenters. The summed E-state index contributed by atoms with van der Waals surface area (Å²) in [6, 6.07) is 7.74. The summed E-state index contributed by atoms with van der Waals surface area (Å²) in [7, 11) is 0. The van der Waals surface area contributed by atoms with Gasteiger partial charge >= 0.3 is 6.03 Å². The molecule has 0 aliphatic carbocycles. The van der Waals surface area contributed by atoms with Gasteiger partial charge in [-0.25, -0.2) is 9.18 Å². The van der Waals surface area contributed by atoms with E-state index in [-0.39, 0.29) is 17.8 Å². The number of carbonyl (C=O) groups excluding carboxylic acids is 1. The molecule has 1 aromatic carbocycles. The molecule has 1 aliphatic rings. The van der Waals surface area contributed by atoms with Crippen molar-refractivity contribution in [1.82, 2.24) is 20.4 Å². The van der Waals surface area contributed by atoms with Crippen LogP contribution in [0.3, 0.4) is 0 Å². The third-order valence-electron chi connectivity index (χ3n) is 4.70. The Morgan fingerprint density at radius 1 is 1.19 bits per heavy atom. The van der Waals surface area contributed by atoms with Crippen LogP contribution in [-0.2, 0) is 6.54 Å². The SMILES string of the molecule is O=C(NCc1ccc(F)cc1)N1CCC(c2nnc(-c3ccoc3)o2)CC1. The Balaban J connectivity index is 1.28. The molecular weight excluding hydrogens is 351 g/mol. The van der Waals surface area contributed by atoms with Gasteiger partial charge in [-0.1, -0.05) is 12.1 Å². The molecule has 3 aromatic rings. The standard InChI is InChI=1S/C19H19FN4O3/c20-16-3-1-13(2-4-16)11-21-19(25)24-8-5-14(6-9-24)17-22-23-18(27-17)15-7-10-26-12-15/h1-4,7,10,12,14H,5-6,8-9,11H2,(H,21,25). The highest BCUT2D eigenvalue weighted by Gasteiger charge is 2.27. The fraction of sp³-hybridized carbons (Fsp3) is 0.316. The highest BCUT2D eigenvalue weighted by molar-refractivity contribution is 5.74. The number of aromatic nitrogens is 2. The molecule has 0 atom stereocenters. The maximum Gasteiger partial charge on any atom is 0.317 e. The first kappa shape index (κ1) is 17.3. The van der Waals surface area contributed by atoms with E-state index in [0.29, 0.717) is 31.4 Å². The molecule has 1 N–H and O–H groups in total. The molecule has 4 rings (SSSR count). The Bertz CT molecular complexity index is 884. The third kappa shape index (κ3) is 3.99. The van der Waals surface area contributed by atoms with Gasteiger partial charge in [-0.05, 0) is 36.6 Å². The topological polar surface area (TPSA) is 84.4 Å². The second-order valence-corrected chi connectivity index (χ2v) is 6.50. The van der Waals surface area contributed by atoms with Gasteiger partial charge in [0.1, 0.15) is 12.1 Å². The average molecular weight is 370 g/mol. The number of carbonyl (C=O) groups is 1. The van der Waals surface area contributed by atoms with Gasteiger partial charge in [0.15, 0.2) is 0 Å². The first-order valence-electron chi connectivity index (χ1n) is 8.82. The molecule has 1 fully saturated rings. The lowest BCUT2D eigenvalue weighted by atomic mass is 9.97. The lowest BCUT2D eigenvalue weighted by Crippen LogP contribution is -2.43. The maximum atomic E-state index is 12.9. The fourth-order valence-corrected chi connectivity index (χ4v) is 3.12. The van der Waals surface area contributed by atoms with Gasteiger partial charge in [0.05, 0.1) is 11.8 Å². The summed E-state index contributed by atoms with van der Waals surface area (Å²) in [5, 5.41) is 11.1. The minimum absolute atomic E-state index is 0.123. The van der Waals surface area contributed by atoms with Crippen molar-refractivity contribution in [1.29, 1.82) is 0 Å². The third-order valence-corrected chi connectivity index (χ3v) is 4.70. The van der Waals surface area contributed by atoms with Crippen molar-refractivity contribution in [2.75, 3.05) is 13.1 Å². The Morgan fingerprint density at radius 2 is 1.96 bits per heavy atom. The molecule has 2 aromatic heterocycles. The minimum Gasteiger partial charge on any atom is -0.472 e. The van der Waals surface area contributed by atoms with Crippen molar-refractivity contribution in [3.05, 3.63) is 60.1 Å². The number of nitrogens with one attached hydrogen (secondary N) is 1. The van der Waals surface area contributed by atoms with E-state index in [1.165, 1.54) is 12.1 Å². The van der Waals surface area contributed by atoms with Gasteiger partial charge in [-0.3, -0.25) is 0 Å². The number of rotatable bonds is 4. The number of hydrogen-bond acceptors (Lipinski definition) is 5. The van der Waals surface area contributed by atoms with Gasteiger partial charge in [0, 0.05) is 25.6 Å². The summed E-state index contributed by atoms with van der Waals surface area (Å²) in [6.45, 7) is 1.60. The molecule has 8 heteroatoms. The molecule has 0 saturated carbocycles. The van der Waals surface area contributed by atoms with Crippen LogP contribution in [0.1, 0.15) is 30.2 Å². The van der Waals surface area contributed by atoms with E-state index in [1.54, 1.807) is 35.6 Å². The molecule has 140 valence electrons. The van der Waals surface area contributed by atoms with Crippen molar-refractivity contribution >= 4 is 6.03 Å². The van der Waals surface area contributed by atoms with Crippen molar-refractivity contribution in [2.45, 2.75) is 25.3 Å². The van der Waals surface area contributed by atoms with E-state index in [1.807, 2.05) is 0 Å². The summed E-state index contributed by atoms with van der Waals surface area (Å²) in [4.78, 5) is 14.1. The van der Waals surface area contributed by atoms with Gasteiger partial charge in [-0.2, -0.15) is 0 Å². The number of benzene rings is 1. The Hall–Kier alpha value is -3.16. The predicted molar refractivity (Wildman–Crippen MR) is 94.2 cm³/mol. The van der Waals surface area contributed by atoms with E-state index in [2.05, 4.69) is 15.5 Å². The molecule has 1 aliphatic heterocycles. The van der Waals surface area contributed by atoms with Crippen molar-refractivity contribution in [3.8, 4) is 11.5 Å². The fourth-order valence-electron chi connectivity index (χ4n) is 3.12. The molecule has 0 radical (unpaired) electrons. The monoisotopic (exact) mass is 370 g/mol. The van der Waals surface area contributed by atoms with Crippen LogP contribution in [0.25, 0.3) is 11.5 Å². The molecule has 3 heterocycles. The van der Waals surface area contributed by atoms with Gasteiger partial charge in [0.2, 0.25) is 5.89 Å². The first-order valence-corrected chi connectivity index (χ1v) is 8.82. The summed E-state index contributed by atoms with van der Waals surface area (Å²) in [5.74, 6) is 0.888.